The molecule has 0 bridgehead atoms. The molecule has 3 rings (SSSR count). The zero-order valence-corrected chi connectivity index (χ0v) is 25.1. The number of nitrogens with zero attached hydrogens (tertiary/aromatic N) is 1. The van der Waals surface area contributed by atoms with Crippen LogP contribution in [0, 0.1) is 0 Å². The molecule has 0 radical (unpaired) electrons. The first kappa shape index (κ1) is 31.8. The zero-order valence-electron chi connectivity index (χ0n) is 25.1. The molecule has 0 saturated heterocycles. The van der Waals surface area contributed by atoms with E-state index in [0.29, 0.717) is 13.2 Å². The number of hydrogen-bond donors (Lipinski definition) is 0. The van der Waals surface area contributed by atoms with E-state index in [4.69, 9.17) is 14.2 Å². The molecule has 2 aromatic rings. The summed E-state index contributed by atoms with van der Waals surface area (Å²) in [6.07, 6.45) is 15.8. The van der Waals surface area contributed by atoms with Crippen LogP contribution in [0.2, 0.25) is 0 Å². The summed E-state index contributed by atoms with van der Waals surface area (Å²) < 4.78 is 20.2. The Labute approximate surface area is 239 Å². The van der Waals surface area contributed by atoms with Crippen LogP contribution in [0.5, 0.6) is 0 Å². The normalized spacial score (nSPS) is 21.1. The molecule has 0 unspecified atom stereocenters. The Balaban J connectivity index is 1.70. The summed E-state index contributed by atoms with van der Waals surface area (Å²) in [5, 5.41) is 0. The fourth-order valence-electron chi connectivity index (χ4n) is 5.79. The molecule has 39 heavy (non-hydrogen) atoms. The summed E-state index contributed by atoms with van der Waals surface area (Å²) in [4.78, 5) is 2.47. The van der Waals surface area contributed by atoms with Gasteiger partial charge in [0.15, 0.2) is 0 Å². The van der Waals surface area contributed by atoms with Gasteiger partial charge >= 0.3 is 0 Å². The minimum absolute atomic E-state index is 0.0285. The quantitative estimate of drug-likeness (QED) is 0.117. The Morgan fingerprint density at radius 1 is 0.692 bits per heavy atom. The average molecular weight is 538 g/mol. The van der Waals surface area contributed by atoms with Crippen molar-refractivity contribution in [2.24, 2.45) is 0 Å². The van der Waals surface area contributed by atoms with E-state index in [2.05, 4.69) is 86.5 Å². The Morgan fingerprint density at radius 3 is 1.85 bits per heavy atom. The molecule has 1 aliphatic carbocycles. The molecule has 1 aliphatic rings. The highest BCUT2D eigenvalue weighted by molar-refractivity contribution is 5.15. The zero-order chi connectivity index (χ0) is 27.6. The van der Waals surface area contributed by atoms with Gasteiger partial charge in [-0.1, -0.05) is 132 Å². The van der Waals surface area contributed by atoms with E-state index in [1.54, 1.807) is 0 Å². The van der Waals surface area contributed by atoms with Crippen molar-refractivity contribution >= 4 is 0 Å². The van der Waals surface area contributed by atoms with E-state index in [0.717, 1.165) is 32.4 Å². The smallest absolute Gasteiger partial charge is 0.150 e. The van der Waals surface area contributed by atoms with Crippen LogP contribution in [0.3, 0.4) is 0 Å². The van der Waals surface area contributed by atoms with Crippen LogP contribution in [-0.2, 0) is 27.4 Å². The number of benzene rings is 2. The van der Waals surface area contributed by atoms with Crippen LogP contribution in [0.4, 0.5) is 0 Å². The van der Waals surface area contributed by atoms with Crippen molar-refractivity contribution < 1.29 is 14.2 Å². The summed E-state index contributed by atoms with van der Waals surface area (Å²) >= 11 is 0. The Bertz CT molecular complexity index is 861. The standard InChI is InChI=1S/C35H55NO3/c1-4-6-8-10-12-20-26-39-35(36(3)25-19-11-9-7-5-2)28-33(37-29-31-21-15-13-16-22-31)27-34(35)38-30-32-23-17-14-18-24-32/h13-18,21-24,33-34H,4-12,19-20,25-30H2,1-3H3/t33-,34+,35-/m0/s1. The molecular formula is C35H55NO3. The lowest BCUT2D eigenvalue weighted by molar-refractivity contribution is -0.211. The third-order valence-corrected chi connectivity index (χ3v) is 8.22. The fraction of sp³-hybridized carbons (Fsp3) is 0.657. The van der Waals surface area contributed by atoms with Crippen molar-refractivity contribution in [3.63, 3.8) is 0 Å². The number of unbranched alkanes of at least 4 members (excludes halogenated alkanes) is 9. The third kappa shape index (κ3) is 11.0. The van der Waals surface area contributed by atoms with Crippen molar-refractivity contribution in [1.82, 2.24) is 4.90 Å². The van der Waals surface area contributed by atoms with E-state index in [9.17, 15) is 0 Å². The summed E-state index contributed by atoms with van der Waals surface area (Å²) in [6, 6.07) is 21.0. The van der Waals surface area contributed by atoms with Gasteiger partial charge in [-0.25, -0.2) is 0 Å². The van der Waals surface area contributed by atoms with Crippen LogP contribution in [0.15, 0.2) is 60.7 Å². The fourth-order valence-corrected chi connectivity index (χ4v) is 5.79. The largest absolute Gasteiger partial charge is 0.373 e. The molecule has 0 amide bonds. The molecule has 0 aromatic heterocycles. The molecule has 1 fully saturated rings. The average Bonchev–Trinajstić information content (AvgIpc) is 3.34. The topological polar surface area (TPSA) is 30.9 Å². The van der Waals surface area contributed by atoms with Gasteiger partial charge in [-0.2, -0.15) is 0 Å². The van der Waals surface area contributed by atoms with Gasteiger partial charge in [-0.15, -0.1) is 0 Å². The van der Waals surface area contributed by atoms with Crippen LogP contribution < -0.4 is 0 Å². The van der Waals surface area contributed by atoms with Gasteiger partial charge in [-0.05, 0) is 31.0 Å². The van der Waals surface area contributed by atoms with Gasteiger partial charge in [-0.3, -0.25) is 4.90 Å². The van der Waals surface area contributed by atoms with E-state index < -0.39 is 5.72 Å². The second-order valence-electron chi connectivity index (χ2n) is 11.4. The van der Waals surface area contributed by atoms with Crippen LogP contribution in [0.25, 0.3) is 0 Å². The molecule has 0 spiro atoms. The minimum atomic E-state index is -0.454. The second-order valence-corrected chi connectivity index (χ2v) is 11.4. The maximum atomic E-state index is 6.94. The number of likely N-dealkylation sites (N-methyl/N-ethyl adjacent to an activating group) is 1. The Hall–Kier alpha value is -1.72. The SMILES string of the molecule is CCCCCCCCO[C@@]1(N(C)CCCCCCC)C[C@@H](OCc2ccccc2)C[C@H]1OCc1ccccc1. The predicted octanol–water partition coefficient (Wildman–Crippen LogP) is 8.93. The molecule has 4 nitrogen and oxygen atoms in total. The first-order valence-corrected chi connectivity index (χ1v) is 15.8. The molecule has 4 heteroatoms. The predicted molar refractivity (Wildman–Crippen MR) is 163 cm³/mol. The minimum Gasteiger partial charge on any atom is -0.373 e. The van der Waals surface area contributed by atoms with Gasteiger partial charge in [0.05, 0.1) is 19.3 Å². The second kappa shape index (κ2) is 18.6. The van der Waals surface area contributed by atoms with Crippen LogP contribution >= 0.6 is 0 Å². The van der Waals surface area contributed by atoms with Crippen molar-refractivity contribution in [3.05, 3.63) is 71.8 Å². The van der Waals surface area contributed by atoms with Crippen molar-refractivity contribution in [2.45, 2.75) is 128 Å². The Morgan fingerprint density at radius 2 is 1.23 bits per heavy atom. The summed E-state index contributed by atoms with van der Waals surface area (Å²) in [6.45, 7) is 7.59. The lowest BCUT2D eigenvalue weighted by Crippen LogP contribution is -2.55. The summed E-state index contributed by atoms with van der Waals surface area (Å²) in [5.74, 6) is 0. The molecule has 3 atom stereocenters. The number of ether oxygens (including phenoxy) is 3. The van der Waals surface area contributed by atoms with Crippen molar-refractivity contribution in [1.29, 1.82) is 0 Å². The van der Waals surface area contributed by atoms with Gasteiger partial charge in [0.1, 0.15) is 11.8 Å². The van der Waals surface area contributed by atoms with Gasteiger partial charge in [0.25, 0.3) is 0 Å². The van der Waals surface area contributed by atoms with E-state index in [-0.39, 0.29) is 12.2 Å². The molecule has 1 saturated carbocycles. The third-order valence-electron chi connectivity index (χ3n) is 8.22. The van der Waals surface area contributed by atoms with Crippen LogP contribution in [0.1, 0.15) is 108 Å². The molecule has 2 aromatic carbocycles. The maximum absolute atomic E-state index is 6.94. The summed E-state index contributed by atoms with van der Waals surface area (Å²) in [5.41, 5.74) is 1.97. The maximum Gasteiger partial charge on any atom is 0.150 e. The highest BCUT2D eigenvalue weighted by atomic mass is 16.6. The van der Waals surface area contributed by atoms with Gasteiger partial charge in [0.2, 0.25) is 0 Å². The number of hydrogen-bond acceptors (Lipinski definition) is 4. The van der Waals surface area contributed by atoms with E-state index in [1.165, 1.54) is 75.3 Å². The first-order valence-electron chi connectivity index (χ1n) is 15.8. The lowest BCUT2D eigenvalue weighted by Gasteiger charge is -2.43. The van der Waals surface area contributed by atoms with E-state index in [1.807, 2.05) is 0 Å². The molecule has 0 aliphatic heterocycles. The lowest BCUT2D eigenvalue weighted by atomic mass is 10.1. The van der Waals surface area contributed by atoms with Gasteiger partial charge in [0, 0.05) is 26.0 Å². The molecular weight excluding hydrogens is 482 g/mol. The molecule has 0 N–H and O–H groups in total. The highest BCUT2D eigenvalue weighted by Gasteiger charge is 2.52. The van der Waals surface area contributed by atoms with Crippen molar-refractivity contribution in [3.8, 4) is 0 Å². The van der Waals surface area contributed by atoms with E-state index >= 15 is 0 Å². The van der Waals surface area contributed by atoms with Crippen molar-refractivity contribution in [2.75, 3.05) is 20.2 Å². The highest BCUT2D eigenvalue weighted by Crippen LogP contribution is 2.41. The monoisotopic (exact) mass is 537 g/mol. The Kier molecular flexibility index (Phi) is 15.2. The first-order chi connectivity index (χ1) is 19.2. The molecule has 0 heterocycles. The van der Waals surface area contributed by atoms with Crippen LogP contribution in [-0.4, -0.2) is 43.0 Å². The number of rotatable bonds is 21. The molecule has 218 valence electrons. The summed E-state index contributed by atoms with van der Waals surface area (Å²) in [7, 11) is 2.25. The van der Waals surface area contributed by atoms with Gasteiger partial charge < -0.3 is 14.2 Å².